The quantitative estimate of drug-likeness (QED) is 0.819. The summed E-state index contributed by atoms with van der Waals surface area (Å²) < 4.78 is 13.4. The number of hydrogen-bond acceptors (Lipinski definition) is 2. The van der Waals surface area contributed by atoms with Crippen LogP contribution in [-0.4, -0.2) is 41.2 Å². The van der Waals surface area contributed by atoms with E-state index in [4.69, 9.17) is 0 Å². The first kappa shape index (κ1) is 17.7. The van der Waals surface area contributed by atoms with Crippen LogP contribution in [0.15, 0.2) is 48.5 Å². The lowest BCUT2D eigenvalue weighted by atomic mass is 9.92. The maximum Gasteiger partial charge on any atom is 0.253 e. The molecule has 0 N–H and O–H groups in total. The van der Waals surface area contributed by atoms with Crippen molar-refractivity contribution in [2.24, 2.45) is 5.92 Å². The summed E-state index contributed by atoms with van der Waals surface area (Å²) in [6, 6.07) is 14.1. The molecule has 0 bridgehead atoms. The van der Waals surface area contributed by atoms with Gasteiger partial charge in [-0.05, 0) is 48.6 Å². The Bertz CT molecular complexity index is 859. The summed E-state index contributed by atoms with van der Waals surface area (Å²) in [5, 5.41) is 0. The number of carbonyl (C=O) groups excluding carboxylic acids is 2. The fourth-order valence-corrected chi connectivity index (χ4v) is 4.08. The molecule has 0 saturated carbocycles. The molecule has 4 rings (SSSR count). The Hall–Kier alpha value is -2.69. The molecule has 0 aromatic heterocycles. The number of halogens is 1. The molecule has 0 radical (unpaired) electrons. The fourth-order valence-electron chi connectivity index (χ4n) is 4.08. The smallest absolute Gasteiger partial charge is 0.253 e. The Kier molecular flexibility index (Phi) is 4.92. The number of benzene rings is 2. The molecular weight excluding hydrogens is 343 g/mol. The molecule has 2 aliphatic heterocycles. The monoisotopic (exact) mass is 366 g/mol. The van der Waals surface area contributed by atoms with Crippen LogP contribution >= 0.6 is 0 Å². The van der Waals surface area contributed by atoms with Crippen LogP contribution in [0.1, 0.15) is 34.3 Å². The third-order valence-corrected chi connectivity index (χ3v) is 5.65. The summed E-state index contributed by atoms with van der Waals surface area (Å²) in [6.07, 6.45) is 2.23. The zero-order chi connectivity index (χ0) is 18.8. The molecule has 1 fully saturated rings. The Morgan fingerprint density at radius 3 is 2.37 bits per heavy atom. The maximum absolute atomic E-state index is 13.4. The first-order chi connectivity index (χ1) is 13.1. The second-order valence-corrected chi connectivity index (χ2v) is 7.36. The van der Waals surface area contributed by atoms with Gasteiger partial charge in [0.2, 0.25) is 5.91 Å². The minimum absolute atomic E-state index is 0.0354. The van der Waals surface area contributed by atoms with E-state index >= 15 is 0 Å². The van der Waals surface area contributed by atoms with Gasteiger partial charge in [-0.25, -0.2) is 4.39 Å². The average Bonchev–Trinajstić information content (AvgIpc) is 2.72. The summed E-state index contributed by atoms with van der Waals surface area (Å²) in [5.41, 5.74) is 2.93. The molecule has 2 aliphatic rings. The molecule has 0 spiro atoms. The number of piperidine rings is 1. The first-order valence-electron chi connectivity index (χ1n) is 9.52. The lowest BCUT2D eigenvalue weighted by Crippen LogP contribution is -2.45. The van der Waals surface area contributed by atoms with Crippen molar-refractivity contribution >= 4 is 11.8 Å². The zero-order valence-electron chi connectivity index (χ0n) is 15.2. The summed E-state index contributed by atoms with van der Waals surface area (Å²) in [6.45, 7) is 2.52. The lowest BCUT2D eigenvalue weighted by Gasteiger charge is -2.36. The van der Waals surface area contributed by atoms with Crippen LogP contribution in [-0.2, 0) is 17.8 Å². The van der Waals surface area contributed by atoms with Gasteiger partial charge >= 0.3 is 0 Å². The molecule has 5 heteroatoms. The third-order valence-electron chi connectivity index (χ3n) is 5.65. The minimum atomic E-state index is -0.406. The SMILES string of the molecule is O=C(c1cccc(F)c1)N1CCC(C(=O)N2CCc3ccccc3C2)CC1. The van der Waals surface area contributed by atoms with Crippen molar-refractivity contribution in [3.05, 3.63) is 71.0 Å². The largest absolute Gasteiger partial charge is 0.339 e. The molecular formula is C22H23FN2O2. The van der Waals surface area contributed by atoms with Gasteiger partial charge in [0.15, 0.2) is 0 Å². The Morgan fingerprint density at radius 2 is 1.63 bits per heavy atom. The van der Waals surface area contributed by atoms with E-state index in [1.54, 1.807) is 17.0 Å². The van der Waals surface area contributed by atoms with Gasteiger partial charge < -0.3 is 9.80 Å². The summed E-state index contributed by atoms with van der Waals surface area (Å²) >= 11 is 0. The van der Waals surface area contributed by atoms with Crippen LogP contribution < -0.4 is 0 Å². The molecule has 4 nitrogen and oxygen atoms in total. The number of rotatable bonds is 2. The highest BCUT2D eigenvalue weighted by Gasteiger charge is 2.31. The molecule has 27 heavy (non-hydrogen) atoms. The van der Waals surface area contributed by atoms with Crippen molar-refractivity contribution in [1.29, 1.82) is 0 Å². The maximum atomic E-state index is 13.4. The molecule has 0 aliphatic carbocycles. The molecule has 140 valence electrons. The van der Waals surface area contributed by atoms with Gasteiger partial charge in [0.05, 0.1) is 0 Å². The molecule has 1 saturated heterocycles. The number of carbonyl (C=O) groups is 2. The van der Waals surface area contributed by atoms with Crippen LogP contribution in [0.3, 0.4) is 0 Å². The van der Waals surface area contributed by atoms with Gasteiger partial charge in [0, 0.05) is 37.7 Å². The van der Waals surface area contributed by atoms with E-state index in [1.165, 1.54) is 23.3 Å². The topological polar surface area (TPSA) is 40.6 Å². The third kappa shape index (κ3) is 3.72. The fraction of sp³-hybridized carbons (Fsp3) is 0.364. The number of nitrogens with zero attached hydrogens (tertiary/aromatic N) is 2. The predicted octanol–water partition coefficient (Wildman–Crippen LogP) is 3.26. The minimum Gasteiger partial charge on any atom is -0.339 e. The van der Waals surface area contributed by atoms with E-state index in [-0.39, 0.29) is 17.7 Å². The molecule has 0 unspecified atom stereocenters. The van der Waals surface area contributed by atoms with E-state index < -0.39 is 5.82 Å². The number of fused-ring (bicyclic) bond motifs is 1. The van der Waals surface area contributed by atoms with Crippen LogP contribution in [0.5, 0.6) is 0 Å². The van der Waals surface area contributed by atoms with Crippen molar-refractivity contribution in [3.8, 4) is 0 Å². The van der Waals surface area contributed by atoms with Gasteiger partial charge in [-0.1, -0.05) is 30.3 Å². The summed E-state index contributed by atoms with van der Waals surface area (Å²) in [5.74, 6) is -0.405. The standard InChI is InChI=1S/C22H23FN2O2/c23-20-7-3-6-18(14-20)22(27)24-11-9-17(10-12-24)21(26)25-13-8-16-4-1-2-5-19(16)15-25/h1-7,14,17H,8-13,15H2. The molecule has 2 heterocycles. The Morgan fingerprint density at radius 1 is 0.889 bits per heavy atom. The zero-order valence-corrected chi connectivity index (χ0v) is 15.2. The van der Waals surface area contributed by atoms with Gasteiger partial charge in [0.1, 0.15) is 5.82 Å². The average molecular weight is 366 g/mol. The highest BCUT2D eigenvalue weighted by molar-refractivity contribution is 5.94. The second-order valence-electron chi connectivity index (χ2n) is 7.36. The highest BCUT2D eigenvalue weighted by Crippen LogP contribution is 2.25. The van der Waals surface area contributed by atoms with E-state index in [2.05, 4.69) is 12.1 Å². The van der Waals surface area contributed by atoms with E-state index in [9.17, 15) is 14.0 Å². The normalized spacial score (nSPS) is 17.5. The van der Waals surface area contributed by atoms with Crippen molar-refractivity contribution in [3.63, 3.8) is 0 Å². The van der Waals surface area contributed by atoms with E-state index in [1.807, 2.05) is 17.0 Å². The van der Waals surface area contributed by atoms with E-state index in [0.717, 1.165) is 13.0 Å². The molecule has 2 aromatic carbocycles. The molecule has 0 atom stereocenters. The van der Waals surface area contributed by atoms with Gasteiger partial charge in [0.25, 0.3) is 5.91 Å². The van der Waals surface area contributed by atoms with Crippen LogP contribution in [0.25, 0.3) is 0 Å². The number of amides is 2. The number of likely N-dealkylation sites (tertiary alicyclic amines) is 1. The summed E-state index contributed by atoms with van der Waals surface area (Å²) in [4.78, 5) is 29.1. The first-order valence-corrected chi connectivity index (χ1v) is 9.52. The van der Waals surface area contributed by atoms with Gasteiger partial charge in [-0.3, -0.25) is 9.59 Å². The molecule has 2 aromatic rings. The van der Waals surface area contributed by atoms with Crippen molar-refractivity contribution in [2.75, 3.05) is 19.6 Å². The summed E-state index contributed by atoms with van der Waals surface area (Å²) in [7, 11) is 0. The second kappa shape index (κ2) is 7.51. The Balaban J connectivity index is 1.35. The van der Waals surface area contributed by atoms with Crippen molar-refractivity contribution < 1.29 is 14.0 Å². The van der Waals surface area contributed by atoms with Crippen LogP contribution in [0.2, 0.25) is 0 Å². The van der Waals surface area contributed by atoms with Gasteiger partial charge in [-0.15, -0.1) is 0 Å². The predicted molar refractivity (Wildman–Crippen MR) is 101 cm³/mol. The van der Waals surface area contributed by atoms with Crippen LogP contribution in [0.4, 0.5) is 4.39 Å². The molecule has 2 amide bonds. The van der Waals surface area contributed by atoms with Crippen molar-refractivity contribution in [2.45, 2.75) is 25.8 Å². The highest BCUT2D eigenvalue weighted by atomic mass is 19.1. The Labute approximate surface area is 158 Å². The van der Waals surface area contributed by atoms with Crippen molar-refractivity contribution in [1.82, 2.24) is 9.80 Å². The lowest BCUT2D eigenvalue weighted by molar-refractivity contribution is -0.137. The van der Waals surface area contributed by atoms with Gasteiger partial charge in [-0.2, -0.15) is 0 Å². The van der Waals surface area contributed by atoms with E-state index in [0.29, 0.717) is 38.0 Å². The van der Waals surface area contributed by atoms with Crippen LogP contribution in [0, 0.1) is 11.7 Å². The number of hydrogen-bond donors (Lipinski definition) is 0.